The van der Waals surface area contributed by atoms with E-state index in [1.165, 1.54) is 18.5 Å². The van der Waals surface area contributed by atoms with Crippen molar-refractivity contribution in [1.29, 1.82) is 0 Å². The molecule has 1 aliphatic carbocycles. The standard InChI is InChI=1S/C19H18F2N4O3S/c20-19(21)28-12-6-8-13(9-7-12)29(26,27)17-16-15(25-18(17)22)14(23-10-24-16)11-4-2-1-3-5-11/h4,6-10,19,25H,1-3,5,22H2. The molecule has 0 fully saturated rings. The number of aromatic amines is 1. The monoisotopic (exact) mass is 420 g/mol. The van der Waals surface area contributed by atoms with Gasteiger partial charge in [0, 0.05) is 0 Å². The number of fused-ring (bicyclic) bond motifs is 1. The van der Waals surface area contributed by atoms with Crippen LogP contribution in [0.5, 0.6) is 5.75 Å². The lowest BCUT2D eigenvalue weighted by molar-refractivity contribution is -0.0498. The first-order chi connectivity index (χ1) is 13.9. The molecule has 0 amide bonds. The molecule has 1 aliphatic rings. The number of benzene rings is 1. The molecule has 3 N–H and O–H groups in total. The Balaban J connectivity index is 1.81. The molecule has 0 bridgehead atoms. The molecule has 0 spiro atoms. The van der Waals surface area contributed by atoms with Gasteiger partial charge in [-0.2, -0.15) is 8.78 Å². The Morgan fingerprint density at radius 1 is 1.14 bits per heavy atom. The zero-order valence-corrected chi connectivity index (χ0v) is 16.0. The van der Waals surface area contributed by atoms with E-state index in [2.05, 4.69) is 25.8 Å². The first-order valence-corrected chi connectivity index (χ1v) is 10.5. The zero-order valence-electron chi connectivity index (χ0n) is 15.2. The summed E-state index contributed by atoms with van der Waals surface area (Å²) in [7, 11) is -4.05. The molecule has 1 aromatic carbocycles. The lowest BCUT2D eigenvalue weighted by Crippen LogP contribution is -2.06. The minimum absolute atomic E-state index is 0.0499. The van der Waals surface area contributed by atoms with Gasteiger partial charge in [0.2, 0.25) is 9.84 Å². The van der Waals surface area contributed by atoms with Crippen LogP contribution in [0.2, 0.25) is 0 Å². The molecular formula is C19H18F2N4O3S. The van der Waals surface area contributed by atoms with E-state index in [1.807, 2.05) is 0 Å². The van der Waals surface area contributed by atoms with E-state index in [1.54, 1.807) is 0 Å². The van der Waals surface area contributed by atoms with Gasteiger partial charge >= 0.3 is 6.61 Å². The summed E-state index contributed by atoms with van der Waals surface area (Å²) in [4.78, 5) is 11.1. The molecule has 29 heavy (non-hydrogen) atoms. The van der Waals surface area contributed by atoms with Gasteiger partial charge in [-0.15, -0.1) is 0 Å². The molecule has 0 saturated carbocycles. The van der Waals surface area contributed by atoms with Gasteiger partial charge < -0.3 is 15.5 Å². The lowest BCUT2D eigenvalue weighted by atomic mass is 9.96. The van der Waals surface area contributed by atoms with Crippen molar-refractivity contribution in [3.63, 3.8) is 0 Å². The smallest absolute Gasteiger partial charge is 0.387 e. The summed E-state index contributed by atoms with van der Waals surface area (Å²) < 4.78 is 55.3. The fraction of sp³-hybridized carbons (Fsp3) is 0.263. The third-order valence-corrected chi connectivity index (χ3v) is 6.63. The van der Waals surface area contributed by atoms with Crippen molar-refractivity contribution in [3.05, 3.63) is 42.4 Å². The average molecular weight is 420 g/mol. The Bertz CT molecular complexity index is 1190. The molecule has 0 unspecified atom stereocenters. The molecule has 152 valence electrons. The van der Waals surface area contributed by atoms with Crippen LogP contribution in [0.25, 0.3) is 16.6 Å². The fourth-order valence-electron chi connectivity index (χ4n) is 3.48. The number of nitrogens with two attached hydrogens (primary N) is 1. The summed E-state index contributed by atoms with van der Waals surface area (Å²) >= 11 is 0. The van der Waals surface area contributed by atoms with Crippen LogP contribution in [-0.2, 0) is 9.84 Å². The Morgan fingerprint density at radius 3 is 2.55 bits per heavy atom. The highest BCUT2D eigenvalue weighted by Gasteiger charge is 2.28. The molecule has 0 saturated heterocycles. The van der Waals surface area contributed by atoms with Crippen molar-refractivity contribution in [3.8, 4) is 5.75 Å². The van der Waals surface area contributed by atoms with E-state index < -0.39 is 16.4 Å². The van der Waals surface area contributed by atoms with Gasteiger partial charge in [0.25, 0.3) is 0 Å². The summed E-state index contributed by atoms with van der Waals surface area (Å²) in [5.41, 5.74) is 8.37. The van der Waals surface area contributed by atoms with Gasteiger partial charge in [0.1, 0.15) is 28.3 Å². The maximum Gasteiger partial charge on any atom is 0.387 e. The molecule has 2 heterocycles. The van der Waals surface area contributed by atoms with Crippen molar-refractivity contribution in [1.82, 2.24) is 15.0 Å². The van der Waals surface area contributed by atoms with Gasteiger partial charge in [-0.3, -0.25) is 0 Å². The van der Waals surface area contributed by atoms with Gasteiger partial charge in [-0.1, -0.05) is 6.08 Å². The number of nitrogens with one attached hydrogen (secondary N) is 1. The van der Waals surface area contributed by atoms with E-state index in [0.29, 0.717) is 11.2 Å². The predicted molar refractivity (Wildman–Crippen MR) is 103 cm³/mol. The third-order valence-electron chi connectivity index (χ3n) is 4.79. The minimum Gasteiger partial charge on any atom is -0.435 e. The van der Waals surface area contributed by atoms with E-state index >= 15 is 0 Å². The van der Waals surface area contributed by atoms with Crippen LogP contribution in [0.4, 0.5) is 14.6 Å². The Labute approximate surface area is 165 Å². The van der Waals surface area contributed by atoms with Crippen LogP contribution in [0.15, 0.2) is 46.5 Å². The average Bonchev–Trinajstić information content (AvgIpc) is 3.05. The fourth-order valence-corrected chi connectivity index (χ4v) is 4.96. The van der Waals surface area contributed by atoms with Crippen LogP contribution in [-0.4, -0.2) is 30.0 Å². The summed E-state index contributed by atoms with van der Waals surface area (Å²) in [6, 6.07) is 4.71. The number of aromatic nitrogens is 3. The van der Waals surface area contributed by atoms with Gasteiger partial charge in [-0.05, 0) is 55.5 Å². The predicted octanol–water partition coefficient (Wildman–Crippen LogP) is 3.93. The number of nitrogen functional groups attached to an aromatic ring is 1. The van der Waals surface area contributed by atoms with E-state index in [-0.39, 0.29) is 26.9 Å². The number of ether oxygens (including phenoxy) is 1. The van der Waals surface area contributed by atoms with Crippen molar-refractivity contribution >= 4 is 32.3 Å². The van der Waals surface area contributed by atoms with Gasteiger partial charge in [-0.25, -0.2) is 18.4 Å². The van der Waals surface area contributed by atoms with Crippen LogP contribution >= 0.6 is 0 Å². The number of sulfone groups is 1. The van der Waals surface area contributed by atoms with Crippen LogP contribution < -0.4 is 10.5 Å². The maximum absolute atomic E-state index is 13.2. The van der Waals surface area contributed by atoms with Crippen molar-refractivity contribution in [2.75, 3.05) is 5.73 Å². The quantitative estimate of drug-likeness (QED) is 0.647. The second-order valence-corrected chi connectivity index (χ2v) is 8.53. The second kappa shape index (κ2) is 7.43. The summed E-state index contributed by atoms with van der Waals surface area (Å²) in [5, 5.41) is 0. The molecule has 3 aromatic rings. The number of H-pyrrole nitrogens is 1. The van der Waals surface area contributed by atoms with Crippen molar-refractivity contribution in [2.24, 2.45) is 0 Å². The lowest BCUT2D eigenvalue weighted by Gasteiger charge is -2.12. The summed E-state index contributed by atoms with van der Waals surface area (Å²) in [6.45, 7) is -2.99. The number of alkyl halides is 2. The number of allylic oxidation sites excluding steroid dienone is 2. The molecule has 0 atom stereocenters. The van der Waals surface area contributed by atoms with Gasteiger partial charge in [0.15, 0.2) is 0 Å². The first kappa shape index (κ1) is 19.3. The van der Waals surface area contributed by atoms with Crippen molar-refractivity contribution < 1.29 is 21.9 Å². The number of hydrogen-bond acceptors (Lipinski definition) is 6. The molecule has 7 nitrogen and oxygen atoms in total. The molecule has 0 radical (unpaired) electrons. The first-order valence-electron chi connectivity index (χ1n) is 8.99. The van der Waals surface area contributed by atoms with E-state index in [9.17, 15) is 17.2 Å². The third kappa shape index (κ3) is 3.55. The molecule has 2 aromatic heterocycles. The van der Waals surface area contributed by atoms with Crippen molar-refractivity contribution in [2.45, 2.75) is 42.1 Å². The van der Waals surface area contributed by atoms with Crippen LogP contribution in [0.3, 0.4) is 0 Å². The summed E-state index contributed by atoms with van der Waals surface area (Å²) in [5.74, 6) is -0.189. The summed E-state index contributed by atoms with van der Waals surface area (Å²) in [6.07, 6.45) is 7.34. The number of hydrogen-bond donors (Lipinski definition) is 2. The largest absolute Gasteiger partial charge is 0.435 e. The Kier molecular flexibility index (Phi) is 4.95. The topological polar surface area (TPSA) is 111 Å². The van der Waals surface area contributed by atoms with E-state index in [4.69, 9.17) is 5.73 Å². The van der Waals surface area contributed by atoms with Crippen LogP contribution in [0, 0.1) is 0 Å². The number of halogens is 2. The maximum atomic E-state index is 13.2. The Morgan fingerprint density at radius 2 is 1.90 bits per heavy atom. The molecule has 10 heteroatoms. The zero-order chi connectivity index (χ0) is 20.6. The molecule has 0 aliphatic heterocycles. The van der Waals surface area contributed by atoms with Gasteiger partial charge in [0.05, 0.1) is 16.1 Å². The highest BCUT2D eigenvalue weighted by molar-refractivity contribution is 7.92. The van der Waals surface area contributed by atoms with Crippen LogP contribution in [0.1, 0.15) is 31.4 Å². The molecule has 4 rings (SSSR count). The SMILES string of the molecule is Nc1[nH]c2c(C3=CCCCC3)ncnc2c1S(=O)(=O)c1ccc(OC(F)F)cc1. The normalized spacial score (nSPS) is 14.9. The Hall–Kier alpha value is -3.01. The number of anilines is 1. The highest BCUT2D eigenvalue weighted by Crippen LogP contribution is 2.36. The molecular weight excluding hydrogens is 402 g/mol. The highest BCUT2D eigenvalue weighted by atomic mass is 32.2. The number of rotatable bonds is 5. The van der Waals surface area contributed by atoms with E-state index in [0.717, 1.165) is 43.4 Å². The minimum atomic E-state index is -4.05. The second-order valence-electron chi connectivity index (χ2n) is 6.64. The number of nitrogens with zero attached hydrogens (tertiary/aromatic N) is 2.